The van der Waals surface area contributed by atoms with E-state index in [1.165, 1.54) is 25.5 Å². The van der Waals surface area contributed by atoms with Gasteiger partial charge >= 0.3 is 17.7 Å². The van der Waals surface area contributed by atoms with Gasteiger partial charge in [-0.1, -0.05) is 56.9 Å². The average Bonchev–Trinajstić information content (AvgIpc) is 3.35. The lowest BCUT2D eigenvalue weighted by Crippen LogP contribution is -2.48. The SMILES string of the molecule is CCCCOc1nc(N)c2[nH]c(=O)n(CCCCCCCN3CCN(CCN(C)Cc4cccc(CC(=O)OC)c4)CC3)c2n1. The van der Waals surface area contributed by atoms with Crippen LogP contribution in [0.3, 0.4) is 0 Å². The van der Waals surface area contributed by atoms with Gasteiger partial charge in [0, 0.05) is 52.4 Å². The highest BCUT2D eigenvalue weighted by Gasteiger charge is 2.17. The molecule has 0 amide bonds. The van der Waals surface area contributed by atoms with Crippen molar-refractivity contribution in [1.29, 1.82) is 0 Å². The molecule has 2 aromatic heterocycles. The summed E-state index contributed by atoms with van der Waals surface area (Å²) in [6.45, 7) is 11.8. The summed E-state index contributed by atoms with van der Waals surface area (Å²) in [5.74, 6) is 0.0355. The Balaban J connectivity index is 1.07. The lowest BCUT2D eigenvalue weighted by molar-refractivity contribution is -0.139. The van der Waals surface area contributed by atoms with E-state index in [2.05, 4.69) is 55.8 Å². The number of ether oxygens (including phenoxy) is 2. The van der Waals surface area contributed by atoms with Crippen LogP contribution in [0, 0.1) is 0 Å². The van der Waals surface area contributed by atoms with Gasteiger partial charge in [-0.2, -0.15) is 9.97 Å². The van der Waals surface area contributed by atoms with Gasteiger partial charge in [-0.3, -0.25) is 14.3 Å². The number of piperazine rings is 1. The van der Waals surface area contributed by atoms with Crippen LogP contribution in [0.25, 0.3) is 11.2 Å². The number of carbonyl (C=O) groups excluding carboxylic acids is 1. The highest BCUT2D eigenvalue weighted by atomic mass is 16.5. The fraction of sp³-hybridized carbons (Fsp3) is 0.636. The highest BCUT2D eigenvalue weighted by Crippen LogP contribution is 2.19. The first-order chi connectivity index (χ1) is 21.9. The van der Waals surface area contributed by atoms with Crippen molar-refractivity contribution in [3.05, 3.63) is 45.9 Å². The van der Waals surface area contributed by atoms with E-state index < -0.39 is 0 Å². The van der Waals surface area contributed by atoms with Crippen LogP contribution in [0.4, 0.5) is 5.82 Å². The molecule has 0 aliphatic carbocycles. The number of hydrogen-bond acceptors (Lipinski definition) is 10. The minimum Gasteiger partial charge on any atom is -0.469 e. The van der Waals surface area contributed by atoms with Gasteiger partial charge in [0.15, 0.2) is 11.5 Å². The van der Waals surface area contributed by atoms with Gasteiger partial charge < -0.3 is 30.0 Å². The topological polar surface area (TPSA) is 135 Å². The van der Waals surface area contributed by atoms with Crippen molar-refractivity contribution >= 4 is 23.0 Å². The Bertz CT molecular complexity index is 1400. The first-order valence-electron chi connectivity index (χ1n) is 16.5. The zero-order chi connectivity index (χ0) is 32.0. The molecule has 0 atom stereocenters. The Morgan fingerprint density at radius 3 is 2.40 bits per heavy atom. The Labute approximate surface area is 266 Å². The highest BCUT2D eigenvalue weighted by molar-refractivity contribution is 5.81. The predicted octanol–water partition coefficient (Wildman–Crippen LogP) is 3.30. The first-order valence-corrected chi connectivity index (χ1v) is 16.5. The van der Waals surface area contributed by atoms with Crippen LogP contribution in [0.2, 0.25) is 0 Å². The fourth-order valence-electron chi connectivity index (χ4n) is 5.76. The maximum Gasteiger partial charge on any atom is 0.327 e. The standard InChI is InChI=1S/C33H52N8O4/c1-4-5-22-45-32-36-30(34)29-31(37-32)41(33(43)35-29)15-10-8-6-7-9-14-39-18-20-40(21-19-39)17-16-38(2)25-27-13-11-12-26(23-27)24-28(42)44-3/h11-13,23H,4-10,14-22,24-25H2,1-3H3,(H,35,43)(H2,34,36,37). The number of hydrogen-bond donors (Lipinski definition) is 2. The average molecular weight is 625 g/mol. The maximum atomic E-state index is 12.5. The molecule has 1 aliphatic heterocycles. The van der Waals surface area contributed by atoms with Crippen molar-refractivity contribution in [2.45, 2.75) is 71.4 Å². The molecule has 1 fully saturated rings. The number of nitrogens with one attached hydrogen (secondary N) is 1. The molecule has 0 spiro atoms. The van der Waals surface area contributed by atoms with E-state index in [0.717, 1.165) is 90.0 Å². The quantitative estimate of drug-likeness (QED) is 0.151. The van der Waals surface area contributed by atoms with E-state index in [1.54, 1.807) is 4.57 Å². The Morgan fingerprint density at radius 1 is 0.978 bits per heavy atom. The summed E-state index contributed by atoms with van der Waals surface area (Å²) >= 11 is 0. The molecule has 1 saturated heterocycles. The van der Waals surface area contributed by atoms with Crippen molar-refractivity contribution in [3.63, 3.8) is 0 Å². The second-order valence-corrected chi connectivity index (χ2v) is 12.1. The number of carbonyl (C=O) groups is 1. The molecule has 0 bridgehead atoms. The Morgan fingerprint density at radius 2 is 1.67 bits per heavy atom. The van der Waals surface area contributed by atoms with Gasteiger partial charge in [-0.15, -0.1) is 0 Å². The van der Waals surface area contributed by atoms with Gasteiger partial charge in [0.05, 0.1) is 20.1 Å². The number of unbranched alkanes of at least 4 members (excludes halogenated alkanes) is 5. The van der Waals surface area contributed by atoms with Crippen LogP contribution in [0.15, 0.2) is 29.1 Å². The molecular formula is C33H52N8O4. The van der Waals surface area contributed by atoms with Crippen LogP contribution in [0.1, 0.15) is 63.0 Å². The molecule has 3 N–H and O–H groups in total. The molecule has 1 aromatic carbocycles. The first kappa shape index (κ1) is 34.4. The molecule has 3 aromatic rings. The number of rotatable bonds is 19. The van der Waals surface area contributed by atoms with Crippen LogP contribution < -0.4 is 16.2 Å². The van der Waals surface area contributed by atoms with Gasteiger partial charge in [-0.25, -0.2) is 4.79 Å². The number of nitrogens with zero attached hydrogens (tertiary/aromatic N) is 6. The van der Waals surface area contributed by atoms with Gasteiger partial charge in [0.2, 0.25) is 0 Å². The number of nitrogens with two attached hydrogens (primary N) is 1. The van der Waals surface area contributed by atoms with Crippen molar-refractivity contribution in [2.24, 2.45) is 0 Å². The molecule has 12 nitrogen and oxygen atoms in total. The summed E-state index contributed by atoms with van der Waals surface area (Å²) in [7, 11) is 3.59. The molecule has 45 heavy (non-hydrogen) atoms. The molecule has 3 heterocycles. The summed E-state index contributed by atoms with van der Waals surface area (Å²) in [5.41, 5.74) is 9.07. The summed E-state index contributed by atoms with van der Waals surface area (Å²) < 4.78 is 12.1. The largest absolute Gasteiger partial charge is 0.469 e. The maximum absolute atomic E-state index is 12.5. The molecule has 12 heteroatoms. The van der Waals surface area contributed by atoms with Gasteiger partial charge in [0.25, 0.3) is 0 Å². The Kier molecular flexibility index (Phi) is 13.7. The third kappa shape index (κ3) is 10.8. The third-order valence-corrected chi connectivity index (χ3v) is 8.50. The molecular weight excluding hydrogens is 572 g/mol. The summed E-state index contributed by atoms with van der Waals surface area (Å²) in [5, 5.41) is 0. The number of aromatic amines is 1. The van der Waals surface area contributed by atoms with Gasteiger partial charge in [0.1, 0.15) is 5.52 Å². The van der Waals surface area contributed by atoms with Crippen molar-refractivity contribution in [1.82, 2.24) is 34.2 Å². The molecule has 1 aliphatic rings. The van der Waals surface area contributed by atoms with E-state index in [4.69, 9.17) is 15.2 Å². The molecule has 4 rings (SSSR count). The van der Waals surface area contributed by atoms with Gasteiger partial charge in [-0.05, 0) is 44.0 Å². The smallest absolute Gasteiger partial charge is 0.327 e. The normalized spacial score (nSPS) is 14.4. The number of benzene rings is 1. The van der Waals surface area contributed by atoms with Crippen molar-refractivity contribution in [3.8, 4) is 6.01 Å². The number of aromatic nitrogens is 4. The van der Waals surface area contributed by atoms with Crippen LogP contribution in [-0.2, 0) is 29.0 Å². The number of H-pyrrole nitrogens is 1. The zero-order valence-corrected chi connectivity index (χ0v) is 27.4. The van der Waals surface area contributed by atoms with Crippen molar-refractivity contribution in [2.75, 3.05) is 72.3 Å². The number of fused-ring (bicyclic) bond motifs is 1. The van der Waals surface area contributed by atoms with Crippen molar-refractivity contribution < 1.29 is 14.3 Å². The summed E-state index contributed by atoms with van der Waals surface area (Å²) in [4.78, 5) is 43.1. The van der Waals surface area contributed by atoms with Crippen LogP contribution >= 0.6 is 0 Å². The number of anilines is 1. The minimum absolute atomic E-state index is 0.204. The molecule has 0 radical (unpaired) electrons. The number of esters is 1. The molecule has 248 valence electrons. The molecule has 0 saturated carbocycles. The van der Waals surface area contributed by atoms with Crippen LogP contribution in [0.5, 0.6) is 6.01 Å². The van der Waals surface area contributed by atoms with Crippen LogP contribution in [-0.4, -0.2) is 107 Å². The second-order valence-electron chi connectivity index (χ2n) is 12.1. The van der Waals surface area contributed by atoms with E-state index in [1.807, 2.05) is 12.1 Å². The lowest BCUT2D eigenvalue weighted by atomic mass is 10.1. The third-order valence-electron chi connectivity index (χ3n) is 8.50. The predicted molar refractivity (Wildman–Crippen MR) is 177 cm³/mol. The number of methoxy groups -OCH3 is 1. The monoisotopic (exact) mass is 624 g/mol. The number of nitrogen functional groups attached to an aromatic ring is 1. The molecule has 0 unspecified atom stereocenters. The van der Waals surface area contributed by atoms with E-state index in [0.29, 0.717) is 30.7 Å². The summed E-state index contributed by atoms with van der Waals surface area (Å²) in [6.07, 6.45) is 7.77. The summed E-state index contributed by atoms with van der Waals surface area (Å²) in [6, 6.07) is 8.44. The minimum atomic E-state index is -0.207. The van der Waals surface area contributed by atoms with E-state index in [-0.39, 0.29) is 23.5 Å². The van der Waals surface area contributed by atoms with E-state index >= 15 is 0 Å². The van der Waals surface area contributed by atoms with E-state index in [9.17, 15) is 9.59 Å². The number of aryl methyl sites for hydroxylation is 1. The lowest BCUT2D eigenvalue weighted by Gasteiger charge is -2.35. The zero-order valence-electron chi connectivity index (χ0n) is 27.4. The Hall–Kier alpha value is -3.48. The fourth-order valence-corrected chi connectivity index (χ4v) is 5.76. The second kappa shape index (κ2) is 17.9. The number of likely N-dealkylation sites (N-methyl/N-ethyl adjacent to an activating group) is 1. The number of imidazole rings is 1.